The fourth-order valence-electron chi connectivity index (χ4n) is 4.36. The molecule has 3 aromatic rings. The van der Waals surface area contributed by atoms with Gasteiger partial charge in [-0.2, -0.15) is 0 Å². The van der Waals surface area contributed by atoms with Crippen molar-refractivity contribution in [3.63, 3.8) is 0 Å². The Morgan fingerprint density at radius 3 is 2.61 bits per heavy atom. The summed E-state index contributed by atoms with van der Waals surface area (Å²) in [6, 6.07) is 16.2. The van der Waals surface area contributed by atoms with Crippen LogP contribution < -0.4 is 10.9 Å². The predicted octanol–water partition coefficient (Wildman–Crippen LogP) is 4.18. The Kier molecular flexibility index (Phi) is 6.75. The highest BCUT2D eigenvalue weighted by Crippen LogP contribution is 2.21. The van der Waals surface area contributed by atoms with Gasteiger partial charge in [-0.25, -0.2) is 4.98 Å². The van der Waals surface area contributed by atoms with Crippen LogP contribution in [0.5, 0.6) is 0 Å². The average molecular weight is 445 g/mol. The number of nitrogens with zero attached hydrogens (tertiary/aromatic N) is 3. The minimum absolute atomic E-state index is 0.0406. The highest BCUT2D eigenvalue weighted by molar-refractivity contribution is 5.91. The van der Waals surface area contributed by atoms with Crippen molar-refractivity contribution < 1.29 is 4.79 Å². The minimum atomic E-state index is -0.216. The number of carbonyl (C=O) groups is 1. The van der Waals surface area contributed by atoms with Crippen LogP contribution in [0, 0.1) is 13.8 Å². The number of carbonyl (C=O) groups excluding carboxylic acids is 1. The van der Waals surface area contributed by atoms with Gasteiger partial charge in [0.2, 0.25) is 5.91 Å². The first-order valence-corrected chi connectivity index (χ1v) is 11.6. The summed E-state index contributed by atoms with van der Waals surface area (Å²) >= 11 is 0. The van der Waals surface area contributed by atoms with Crippen molar-refractivity contribution in [1.82, 2.24) is 14.5 Å². The molecule has 4 rings (SSSR count). The van der Waals surface area contributed by atoms with E-state index >= 15 is 0 Å². The molecule has 1 N–H and O–H groups in total. The first-order valence-electron chi connectivity index (χ1n) is 11.6. The van der Waals surface area contributed by atoms with Gasteiger partial charge in [0.05, 0.1) is 11.3 Å². The molecule has 6 nitrogen and oxygen atoms in total. The zero-order valence-corrected chi connectivity index (χ0v) is 19.9. The second kappa shape index (κ2) is 9.71. The number of rotatable bonds is 6. The van der Waals surface area contributed by atoms with Gasteiger partial charge in [-0.3, -0.25) is 19.1 Å². The van der Waals surface area contributed by atoms with E-state index in [1.54, 1.807) is 4.57 Å². The lowest BCUT2D eigenvalue weighted by Gasteiger charge is -2.29. The number of hydrogen-bond donors (Lipinski definition) is 1. The van der Waals surface area contributed by atoms with Gasteiger partial charge in [0.1, 0.15) is 12.4 Å². The summed E-state index contributed by atoms with van der Waals surface area (Å²) < 4.78 is 1.57. The smallest absolute Gasteiger partial charge is 0.258 e. The summed E-state index contributed by atoms with van der Waals surface area (Å²) in [6.07, 6.45) is 0.743. The molecule has 1 aliphatic heterocycles. The summed E-state index contributed by atoms with van der Waals surface area (Å²) in [7, 11) is 0. The molecule has 0 saturated heterocycles. The van der Waals surface area contributed by atoms with Crippen molar-refractivity contribution in [3.05, 3.63) is 92.7 Å². The van der Waals surface area contributed by atoms with Crippen LogP contribution in [-0.4, -0.2) is 26.9 Å². The number of aromatic nitrogens is 2. The topological polar surface area (TPSA) is 67.2 Å². The Bertz CT molecular complexity index is 1210. The van der Waals surface area contributed by atoms with Crippen LogP contribution in [0.1, 0.15) is 53.5 Å². The zero-order chi connectivity index (χ0) is 23.5. The van der Waals surface area contributed by atoms with Gasteiger partial charge < -0.3 is 5.32 Å². The van der Waals surface area contributed by atoms with E-state index in [0.29, 0.717) is 17.9 Å². The molecule has 0 saturated carbocycles. The molecule has 1 aromatic heterocycles. The largest absolute Gasteiger partial charge is 0.324 e. The minimum Gasteiger partial charge on any atom is -0.324 e. The van der Waals surface area contributed by atoms with Gasteiger partial charge in [0, 0.05) is 37.7 Å². The van der Waals surface area contributed by atoms with Crippen LogP contribution in [0.3, 0.4) is 0 Å². The maximum atomic E-state index is 13.6. The van der Waals surface area contributed by atoms with Crippen molar-refractivity contribution in [3.8, 4) is 0 Å². The number of anilines is 1. The first kappa shape index (κ1) is 22.9. The third kappa shape index (κ3) is 5.22. The average Bonchev–Trinajstić information content (AvgIpc) is 2.79. The van der Waals surface area contributed by atoms with Crippen molar-refractivity contribution in [2.75, 3.05) is 11.9 Å². The lowest BCUT2D eigenvalue weighted by Crippen LogP contribution is -2.40. The Morgan fingerprint density at radius 1 is 1.12 bits per heavy atom. The number of hydrogen-bond acceptors (Lipinski definition) is 4. The fourth-order valence-corrected chi connectivity index (χ4v) is 4.36. The molecule has 1 amide bonds. The molecule has 0 bridgehead atoms. The highest BCUT2D eigenvalue weighted by atomic mass is 16.2. The lowest BCUT2D eigenvalue weighted by atomic mass is 10.0. The second-order valence-electron chi connectivity index (χ2n) is 9.25. The third-order valence-corrected chi connectivity index (χ3v) is 6.16. The first-order chi connectivity index (χ1) is 15.8. The van der Waals surface area contributed by atoms with E-state index in [-0.39, 0.29) is 23.9 Å². The second-order valence-corrected chi connectivity index (χ2v) is 9.25. The molecule has 0 atom stereocenters. The maximum Gasteiger partial charge on any atom is 0.258 e. The quantitative estimate of drug-likeness (QED) is 0.619. The summed E-state index contributed by atoms with van der Waals surface area (Å²) in [6.45, 7) is 10.1. The van der Waals surface area contributed by atoms with E-state index in [1.165, 1.54) is 5.56 Å². The number of nitrogens with one attached hydrogen (secondary N) is 1. The van der Waals surface area contributed by atoms with Crippen molar-refractivity contribution in [2.45, 2.75) is 59.7 Å². The van der Waals surface area contributed by atoms with Crippen LogP contribution in [0.2, 0.25) is 0 Å². The molecular formula is C27H32N4O2. The van der Waals surface area contributed by atoms with Crippen LogP contribution in [0.25, 0.3) is 0 Å². The van der Waals surface area contributed by atoms with Crippen molar-refractivity contribution in [2.24, 2.45) is 0 Å². The molecule has 172 valence electrons. The van der Waals surface area contributed by atoms with Gasteiger partial charge in [-0.15, -0.1) is 0 Å². The summed E-state index contributed by atoms with van der Waals surface area (Å²) in [4.78, 5) is 33.6. The number of aryl methyl sites for hydroxylation is 2. The molecule has 2 heterocycles. The van der Waals surface area contributed by atoms with E-state index in [0.717, 1.165) is 42.0 Å². The Labute approximate surface area is 195 Å². The normalized spacial score (nSPS) is 13.7. The van der Waals surface area contributed by atoms with Gasteiger partial charge in [-0.05, 0) is 36.6 Å². The number of benzene rings is 2. The maximum absolute atomic E-state index is 13.6. The van der Waals surface area contributed by atoms with Gasteiger partial charge in [-0.1, -0.05) is 56.3 Å². The highest BCUT2D eigenvalue weighted by Gasteiger charge is 2.25. The molecule has 1 aliphatic rings. The summed E-state index contributed by atoms with van der Waals surface area (Å²) in [5.74, 6) is 0.497. The molecule has 0 aliphatic carbocycles. The van der Waals surface area contributed by atoms with Gasteiger partial charge >= 0.3 is 0 Å². The molecule has 0 fully saturated rings. The third-order valence-electron chi connectivity index (χ3n) is 6.16. The molecule has 2 aromatic carbocycles. The van der Waals surface area contributed by atoms with Crippen LogP contribution >= 0.6 is 0 Å². The molecule has 6 heteroatoms. The monoisotopic (exact) mass is 444 g/mol. The fraction of sp³-hybridized carbons (Fsp3) is 0.370. The molecule has 33 heavy (non-hydrogen) atoms. The predicted molar refractivity (Wildman–Crippen MR) is 131 cm³/mol. The summed E-state index contributed by atoms with van der Waals surface area (Å²) in [5, 5.41) is 2.98. The van der Waals surface area contributed by atoms with Crippen molar-refractivity contribution in [1.29, 1.82) is 0 Å². The van der Waals surface area contributed by atoms with E-state index in [2.05, 4.69) is 22.3 Å². The van der Waals surface area contributed by atoms with Gasteiger partial charge in [0.15, 0.2) is 0 Å². The standard InChI is InChI=1S/C27H32N4O2/c1-18(2)26-29-23-12-13-30(15-21-8-6-5-7-9-21)16-22(23)27(33)31(26)17-25(32)28-24-14-19(3)10-11-20(24)4/h5-11,14,18H,12-13,15-17H2,1-4H3,(H,28,32). The van der Waals surface area contributed by atoms with Crippen molar-refractivity contribution >= 4 is 11.6 Å². The van der Waals surface area contributed by atoms with E-state index in [1.807, 2.05) is 64.1 Å². The molecular weight excluding hydrogens is 412 g/mol. The zero-order valence-electron chi connectivity index (χ0n) is 19.9. The summed E-state index contributed by atoms with van der Waals surface area (Å²) in [5.41, 5.74) is 5.55. The van der Waals surface area contributed by atoms with E-state index in [4.69, 9.17) is 4.98 Å². The van der Waals surface area contributed by atoms with Crippen LogP contribution in [0.15, 0.2) is 53.3 Å². The SMILES string of the molecule is Cc1ccc(C)c(NC(=O)Cn2c(C(C)C)nc3c(c2=O)CN(Cc2ccccc2)CC3)c1. The number of amides is 1. The number of fused-ring (bicyclic) bond motifs is 1. The molecule has 0 spiro atoms. The van der Waals surface area contributed by atoms with E-state index < -0.39 is 0 Å². The molecule has 0 radical (unpaired) electrons. The van der Waals surface area contributed by atoms with Crippen LogP contribution in [0.4, 0.5) is 5.69 Å². The molecule has 0 unspecified atom stereocenters. The van der Waals surface area contributed by atoms with Crippen LogP contribution in [-0.2, 0) is 30.8 Å². The Morgan fingerprint density at radius 2 is 1.88 bits per heavy atom. The van der Waals surface area contributed by atoms with Gasteiger partial charge in [0.25, 0.3) is 5.56 Å². The lowest BCUT2D eigenvalue weighted by molar-refractivity contribution is -0.116. The van der Waals surface area contributed by atoms with E-state index in [9.17, 15) is 9.59 Å². The Hall–Kier alpha value is -3.25. The Balaban J connectivity index is 1.60.